The molecule has 0 nitrogen and oxygen atoms in total. The van der Waals surface area contributed by atoms with Crippen LogP contribution in [0.25, 0.3) is 0 Å². The molecule has 0 saturated carbocycles. The van der Waals surface area contributed by atoms with Crippen molar-refractivity contribution >= 4 is 0 Å². The van der Waals surface area contributed by atoms with Crippen LogP contribution in [-0.4, -0.2) is 0 Å². The summed E-state index contributed by atoms with van der Waals surface area (Å²) in [7, 11) is 0. The van der Waals surface area contributed by atoms with E-state index >= 15 is 0 Å². The smallest absolute Gasteiger partial charge is 0.0127 e. The van der Waals surface area contributed by atoms with Gasteiger partial charge in [0.1, 0.15) is 0 Å². The molecule has 3 rings (SSSR count). The van der Waals surface area contributed by atoms with Gasteiger partial charge in [0.15, 0.2) is 0 Å². The van der Waals surface area contributed by atoms with E-state index in [0.29, 0.717) is 11.8 Å². The van der Waals surface area contributed by atoms with Crippen LogP contribution in [0.5, 0.6) is 0 Å². The Bertz CT molecular complexity index is 532. The largest absolute Gasteiger partial charge is 0.0882 e. The molecule has 124 valence electrons. The molecule has 1 aromatic rings. The molecule has 1 aromatic carbocycles. The SMILES string of the molecule is CC(C)c1ccc(C2CC=CC(C3C=CCCCC3)CC2)cc1. The number of benzene rings is 1. The van der Waals surface area contributed by atoms with Crippen molar-refractivity contribution < 1.29 is 0 Å². The Labute approximate surface area is 142 Å². The van der Waals surface area contributed by atoms with Gasteiger partial charge in [-0.1, -0.05) is 68.8 Å². The highest BCUT2D eigenvalue weighted by atomic mass is 14.3. The zero-order valence-electron chi connectivity index (χ0n) is 14.9. The van der Waals surface area contributed by atoms with Crippen LogP contribution in [-0.2, 0) is 0 Å². The molecule has 2 aliphatic rings. The second-order valence-corrected chi connectivity index (χ2v) is 7.80. The Kier molecular flexibility index (Phi) is 5.75. The van der Waals surface area contributed by atoms with Crippen LogP contribution in [0, 0.1) is 11.8 Å². The van der Waals surface area contributed by atoms with Crippen molar-refractivity contribution in [3.05, 3.63) is 59.7 Å². The van der Waals surface area contributed by atoms with E-state index in [0.717, 1.165) is 11.8 Å². The molecule has 0 radical (unpaired) electrons. The van der Waals surface area contributed by atoms with Crippen LogP contribution in [0.1, 0.15) is 81.8 Å². The molecule has 0 aliphatic heterocycles. The monoisotopic (exact) mass is 308 g/mol. The van der Waals surface area contributed by atoms with Crippen LogP contribution in [0.2, 0.25) is 0 Å². The van der Waals surface area contributed by atoms with E-state index in [-0.39, 0.29) is 0 Å². The lowest BCUT2D eigenvalue weighted by Crippen LogP contribution is -2.10. The minimum absolute atomic E-state index is 0.629. The Balaban J connectivity index is 1.63. The Morgan fingerprint density at radius 1 is 0.826 bits per heavy atom. The van der Waals surface area contributed by atoms with Gasteiger partial charge >= 0.3 is 0 Å². The third-order valence-corrected chi connectivity index (χ3v) is 5.82. The third kappa shape index (κ3) is 4.37. The molecule has 2 aliphatic carbocycles. The molecule has 23 heavy (non-hydrogen) atoms. The molecule has 0 aromatic heterocycles. The lowest BCUT2D eigenvalue weighted by Gasteiger charge is -2.21. The van der Waals surface area contributed by atoms with Gasteiger partial charge in [0, 0.05) is 0 Å². The van der Waals surface area contributed by atoms with Crippen molar-refractivity contribution in [2.24, 2.45) is 11.8 Å². The van der Waals surface area contributed by atoms with Gasteiger partial charge in [-0.25, -0.2) is 0 Å². The van der Waals surface area contributed by atoms with E-state index in [1.807, 2.05) is 0 Å². The first kappa shape index (κ1) is 16.6. The molecule has 0 amide bonds. The lowest BCUT2D eigenvalue weighted by molar-refractivity contribution is 0.398. The van der Waals surface area contributed by atoms with Gasteiger partial charge in [-0.3, -0.25) is 0 Å². The summed E-state index contributed by atoms with van der Waals surface area (Å²) in [6.45, 7) is 4.54. The second-order valence-electron chi connectivity index (χ2n) is 7.80. The van der Waals surface area contributed by atoms with Crippen LogP contribution >= 0.6 is 0 Å². The molecule has 0 heterocycles. The fourth-order valence-electron chi connectivity index (χ4n) is 4.20. The van der Waals surface area contributed by atoms with Crippen molar-refractivity contribution in [3.63, 3.8) is 0 Å². The molecule has 0 fully saturated rings. The number of hydrogen-bond donors (Lipinski definition) is 0. The molecule has 0 heteroatoms. The summed E-state index contributed by atoms with van der Waals surface area (Å²) in [4.78, 5) is 0. The van der Waals surface area contributed by atoms with Crippen molar-refractivity contribution in [1.82, 2.24) is 0 Å². The van der Waals surface area contributed by atoms with E-state index in [2.05, 4.69) is 62.4 Å². The highest BCUT2D eigenvalue weighted by molar-refractivity contribution is 5.28. The maximum Gasteiger partial charge on any atom is -0.0127 e. The zero-order chi connectivity index (χ0) is 16.1. The summed E-state index contributed by atoms with van der Waals surface area (Å²) in [6.07, 6.45) is 19.3. The van der Waals surface area contributed by atoms with Crippen molar-refractivity contribution in [1.29, 1.82) is 0 Å². The van der Waals surface area contributed by atoms with E-state index in [1.165, 1.54) is 56.1 Å². The predicted molar refractivity (Wildman–Crippen MR) is 101 cm³/mol. The zero-order valence-corrected chi connectivity index (χ0v) is 14.9. The van der Waals surface area contributed by atoms with Gasteiger partial charge in [0.2, 0.25) is 0 Å². The van der Waals surface area contributed by atoms with E-state index in [1.54, 1.807) is 0 Å². The van der Waals surface area contributed by atoms with Crippen molar-refractivity contribution in [2.75, 3.05) is 0 Å². The molecule has 3 unspecified atom stereocenters. The highest BCUT2D eigenvalue weighted by Gasteiger charge is 2.22. The van der Waals surface area contributed by atoms with Crippen LogP contribution in [0.3, 0.4) is 0 Å². The van der Waals surface area contributed by atoms with Crippen molar-refractivity contribution in [3.8, 4) is 0 Å². The topological polar surface area (TPSA) is 0 Å². The molecule has 3 atom stereocenters. The quantitative estimate of drug-likeness (QED) is 0.527. The number of allylic oxidation sites excluding steroid dienone is 4. The molecule has 0 bridgehead atoms. The van der Waals surface area contributed by atoms with Crippen LogP contribution in [0.4, 0.5) is 0 Å². The minimum Gasteiger partial charge on any atom is -0.0882 e. The maximum absolute atomic E-state index is 2.53. The van der Waals surface area contributed by atoms with E-state index < -0.39 is 0 Å². The minimum atomic E-state index is 0.629. The summed E-state index contributed by atoms with van der Waals surface area (Å²) in [5, 5.41) is 0. The molecule has 0 saturated heterocycles. The average Bonchev–Trinajstić information content (AvgIpc) is 2.97. The van der Waals surface area contributed by atoms with Crippen LogP contribution < -0.4 is 0 Å². The van der Waals surface area contributed by atoms with Gasteiger partial charge < -0.3 is 0 Å². The fourth-order valence-corrected chi connectivity index (χ4v) is 4.20. The van der Waals surface area contributed by atoms with Gasteiger partial charge in [-0.05, 0) is 73.3 Å². The summed E-state index contributed by atoms with van der Waals surface area (Å²) in [5.41, 5.74) is 3.00. The van der Waals surface area contributed by atoms with E-state index in [9.17, 15) is 0 Å². The third-order valence-electron chi connectivity index (χ3n) is 5.82. The van der Waals surface area contributed by atoms with Gasteiger partial charge in [-0.2, -0.15) is 0 Å². The highest BCUT2D eigenvalue weighted by Crippen LogP contribution is 2.36. The van der Waals surface area contributed by atoms with Gasteiger partial charge in [0.25, 0.3) is 0 Å². The second kappa shape index (κ2) is 7.99. The Hall–Kier alpha value is -1.30. The summed E-state index contributed by atoms with van der Waals surface area (Å²) >= 11 is 0. The standard InChI is InChI=1S/C23H32/c1-18(2)19-12-14-23(15-13-19)22-11-7-10-21(16-17-22)20-8-5-3-4-6-9-20/h5,7-8,10,12-15,18,20-22H,3-4,6,9,11,16-17H2,1-2H3. The first-order chi connectivity index (χ1) is 11.2. The van der Waals surface area contributed by atoms with Crippen LogP contribution in [0.15, 0.2) is 48.6 Å². The molecule has 0 N–H and O–H groups in total. The van der Waals surface area contributed by atoms with Gasteiger partial charge in [0.05, 0.1) is 0 Å². The molecule has 0 spiro atoms. The van der Waals surface area contributed by atoms with Gasteiger partial charge in [-0.15, -0.1) is 0 Å². The maximum atomic E-state index is 2.53. The van der Waals surface area contributed by atoms with Crippen molar-refractivity contribution in [2.45, 2.75) is 70.6 Å². The Morgan fingerprint density at radius 2 is 1.57 bits per heavy atom. The Morgan fingerprint density at radius 3 is 2.35 bits per heavy atom. The first-order valence-electron chi connectivity index (χ1n) is 9.67. The summed E-state index contributed by atoms with van der Waals surface area (Å²) in [6, 6.07) is 9.42. The summed E-state index contributed by atoms with van der Waals surface area (Å²) in [5.74, 6) is 2.90. The normalized spacial score (nSPS) is 28.6. The number of hydrogen-bond acceptors (Lipinski definition) is 0. The molecular formula is C23H32. The number of rotatable bonds is 3. The van der Waals surface area contributed by atoms with E-state index in [4.69, 9.17) is 0 Å². The lowest BCUT2D eigenvalue weighted by atomic mass is 9.83. The molecular weight excluding hydrogens is 276 g/mol. The first-order valence-corrected chi connectivity index (χ1v) is 9.67. The fraction of sp³-hybridized carbons (Fsp3) is 0.565. The summed E-state index contributed by atoms with van der Waals surface area (Å²) < 4.78 is 0. The predicted octanol–water partition coefficient (Wildman–Crippen LogP) is 7.00. The average molecular weight is 309 g/mol.